The van der Waals surface area contributed by atoms with Gasteiger partial charge in [-0.3, -0.25) is 14.5 Å². The van der Waals surface area contributed by atoms with Gasteiger partial charge < -0.3 is 9.47 Å². The molecule has 38 heavy (non-hydrogen) atoms. The minimum absolute atomic E-state index is 0.233. The molecule has 0 saturated heterocycles. The second-order valence-electron chi connectivity index (χ2n) is 9.58. The molecule has 0 N–H and O–H groups in total. The topological polar surface area (TPSA) is 72.9 Å². The predicted octanol–water partition coefficient (Wildman–Crippen LogP) is 7.32. The van der Waals surface area contributed by atoms with Gasteiger partial charge in [0.2, 0.25) is 0 Å². The normalized spacial score (nSPS) is 12.5. The minimum atomic E-state index is -0.577. The van der Waals surface area contributed by atoms with Crippen molar-refractivity contribution in [3.05, 3.63) is 83.4 Å². The van der Waals surface area contributed by atoms with Gasteiger partial charge in [-0.1, -0.05) is 70.2 Å². The summed E-state index contributed by atoms with van der Waals surface area (Å²) in [6, 6.07) is 19.7. The number of benzene rings is 3. The number of rotatable bonds is 13. The molecule has 2 amide bonds. The third-order valence-corrected chi connectivity index (χ3v) is 6.71. The lowest BCUT2D eigenvalue weighted by molar-refractivity contribution is 0.0650. The Balaban J connectivity index is 1.36. The Morgan fingerprint density at radius 3 is 1.95 bits per heavy atom. The molecule has 1 aliphatic rings. The van der Waals surface area contributed by atoms with E-state index in [2.05, 4.69) is 13.8 Å². The van der Waals surface area contributed by atoms with Crippen LogP contribution in [0.5, 0.6) is 11.5 Å². The highest BCUT2D eigenvalue weighted by Crippen LogP contribution is 2.27. The molecular weight excluding hydrogens is 478 g/mol. The van der Waals surface area contributed by atoms with E-state index >= 15 is 0 Å². The first kappa shape index (κ1) is 27.1. The van der Waals surface area contributed by atoms with Crippen LogP contribution in [0.15, 0.2) is 66.7 Å². The van der Waals surface area contributed by atoms with Gasteiger partial charge in [0.1, 0.15) is 11.5 Å². The summed E-state index contributed by atoms with van der Waals surface area (Å²) in [5.41, 5.74) is 2.85. The van der Waals surface area contributed by atoms with Crippen LogP contribution in [0.1, 0.15) is 89.9 Å². The molecule has 0 radical (unpaired) electrons. The molecule has 0 bridgehead atoms. The van der Waals surface area contributed by atoms with Crippen LogP contribution in [0.3, 0.4) is 0 Å². The smallest absolute Gasteiger partial charge is 0.343 e. The van der Waals surface area contributed by atoms with Crippen LogP contribution in [-0.2, 0) is 0 Å². The molecule has 198 valence electrons. The van der Waals surface area contributed by atoms with Crippen molar-refractivity contribution in [3.8, 4) is 22.6 Å². The summed E-state index contributed by atoms with van der Waals surface area (Å²) < 4.78 is 11.3. The molecule has 6 nitrogen and oxygen atoms in total. The Morgan fingerprint density at radius 1 is 0.684 bits per heavy atom. The number of ether oxygens (including phenoxy) is 2. The Hall–Kier alpha value is -3.93. The average Bonchev–Trinajstić information content (AvgIpc) is 3.18. The summed E-state index contributed by atoms with van der Waals surface area (Å²) in [5.74, 6) is 0.0253. The highest BCUT2D eigenvalue weighted by atomic mass is 16.5. The number of imide groups is 1. The molecule has 6 heteroatoms. The lowest BCUT2D eigenvalue weighted by atomic mass is 10.1. The van der Waals surface area contributed by atoms with E-state index in [1.54, 1.807) is 18.2 Å². The van der Waals surface area contributed by atoms with Gasteiger partial charge in [-0.15, -0.1) is 0 Å². The van der Waals surface area contributed by atoms with Crippen LogP contribution in [0.2, 0.25) is 0 Å². The van der Waals surface area contributed by atoms with Crippen molar-refractivity contribution >= 4 is 17.8 Å². The van der Waals surface area contributed by atoms with Crippen molar-refractivity contribution in [2.45, 2.75) is 58.8 Å². The minimum Gasteiger partial charge on any atom is -0.494 e. The monoisotopic (exact) mass is 513 g/mol. The van der Waals surface area contributed by atoms with Crippen LogP contribution in [-0.4, -0.2) is 35.8 Å². The predicted molar refractivity (Wildman–Crippen MR) is 148 cm³/mol. The van der Waals surface area contributed by atoms with E-state index in [0.29, 0.717) is 17.9 Å². The van der Waals surface area contributed by atoms with Crippen LogP contribution in [0, 0.1) is 0 Å². The summed E-state index contributed by atoms with van der Waals surface area (Å²) in [6.45, 7) is 5.40. The fourth-order valence-corrected chi connectivity index (χ4v) is 4.48. The van der Waals surface area contributed by atoms with Gasteiger partial charge in [-0.25, -0.2) is 4.79 Å². The molecule has 0 unspecified atom stereocenters. The summed E-state index contributed by atoms with van der Waals surface area (Å²) in [4.78, 5) is 39.6. The number of nitrogens with zero attached hydrogens (tertiary/aromatic N) is 1. The van der Waals surface area contributed by atoms with E-state index in [4.69, 9.17) is 9.47 Å². The molecule has 0 saturated carbocycles. The van der Waals surface area contributed by atoms with Crippen molar-refractivity contribution in [3.63, 3.8) is 0 Å². The molecule has 4 rings (SSSR count). The number of unbranched alkanes of at least 4 members (excludes halogenated alkanes) is 5. The van der Waals surface area contributed by atoms with Crippen LogP contribution >= 0.6 is 0 Å². The van der Waals surface area contributed by atoms with Crippen LogP contribution < -0.4 is 9.47 Å². The third-order valence-electron chi connectivity index (χ3n) is 6.71. The summed E-state index contributed by atoms with van der Waals surface area (Å²) in [5, 5.41) is 0. The number of amides is 2. The SMILES string of the molecule is CCCCCCN1C(=O)c2ccc(C(=O)Oc3ccc(-c4ccc(OCCCCC)cc4)cc3)cc2C1=O. The maximum Gasteiger partial charge on any atom is 0.343 e. The standard InChI is InChI=1S/C32H35NO5/c1-3-5-7-8-20-33-30(34)28-19-14-25(22-29(28)31(33)35)32(36)38-27-17-12-24(13-18-27)23-10-15-26(16-11-23)37-21-9-6-4-2/h10-19,22H,3-9,20-21H2,1-2H3. The van der Waals surface area contributed by atoms with Crippen LogP contribution in [0.4, 0.5) is 0 Å². The number of hydrogen-bond donors (Lipinski definition) is 0. The third kappa shape index (κ3) is 6.49. The van der Waals surface area contributed by atoms with Crippen molar-refractivity contribution in [1.29, 1.82) is 0 Å². The van der Waals surface area contributed by atoms with E-state index in [9.17, 15) is 14.4 Å². The Bertz CT molecular complexity index is 1260. The zero-order valence-corrected chi connectivity index (χ0v) is 22.2. The quantitative estimate of drug-likeness (QED) is 0.104. The number of hydrogen-bond acceptors (Lipinski definition) is 5. The lowest BCUT2D eigenvalue weighted by Crippen LogP contribution is -2.30. The first-order valence-corrected chi connectivity index (χ1v) is 13.6. The average molecular weight is 514 g/mol. The van der Waals surface area contributed by atoms with Gasteiger partial charge in [0, 0.05) is 6.54 Å². The first-order chi connectivity index (χ1) is 18.5. The highest BCUT2D eigenvalue weighted by molar-refractivity contribution is 6.22. The second-order valence-corrected chi connectivity index (χ2v) is 9.58. The summed E-state index contributed by atoms with van der Waals surface area (Å²) in [6.07, 6.45) is 7.28. The van der Waals surface area contributed by atoms with E-state index in [0.717, 1.165) is 62.0 Å². The second kappa shape index (κ2) is 13.0. The maximum atomic E-state index is 12.8. The fraction of sp³-hybridized carbons (Fsp3) is 0.344. The first-order valence-electron chi connectivity index (χ1n) is 13.6. The number of carbonyl (C=O) groups is 3. The molecular formula is C32H35NO5. The summed E-state index contributed by atoms with van der Waals surface area (Å²) >= 11 is 0. The van der Waals surface area contributed by atoms with Crippen molar-refractivity contribution < 1.29 is 23.9 Å². The molecule has 3 aromatic carbocycles. The highest BCUT2D eigenvalue weighted by Gasteiger charge is 2.35. The van der Waals surface area contributed by atoms with E-state index in [1.807, 2.05) is 36.4 Å². The molecule has 0 aliphatic carbocycles. The van der Waals surface area contributed by atoms with E-state index in [1.165, 1.54) is 23.5 Å². The lowest BCUT2D eigenvalue weighted by Gasteiger charge is -2.13. The zero-order chi connectivity index (χ0) is 26.9. The van der Waals surface area contributed by atoms with Gasteiger partial charge in [0.05, 0.1) is 23.3 Å². The Kier molecular flexibility index (Phi) is 9.30. The molecule has 1 heterocycles. The van der Waals surface area contributed by atoms with E-state index < -0.39 is 5.97 Å². The van der Waals surface area contributed by atoms with Gasteiger partial charge in [0.15, 0.2) is 0 Å². The van der Waals surface area contributed by atoms with E-state index in [-0.39, 0.29) is 22.9 Å². The number of fused-ring (bicyclic) bond motifs is 1. The van der Waals surface area contributed by atoms with Crippen LogP contribution in [0.25, 0.3) is 11.1 Å². The molecule has 0 spiro atoms. The largest absolute Gasteiger partial charge is 0.494 e. The molecule has 1 aliphatic heterocycles. The zero-order valence-electron chi connectivity index (χ0n) is 22.2. The van der Waals surface area contributed by atoms with Gasteiger partial charge in [0.25, 0.3) is 11.8 Å². The maximum absolute atomic E-state index is 12.8. The van der Waals surface area contributed by atoms with Gasteiger partial charge in [-0.05, 0) is 66.4 Å². The molecule has 3 aromatic rings. The number of esters is 1. The molecule has 0 atom stereocenters. The molecule has 0 fully saturated rings. The van der Waals surface area contributed by atoms with Gasteiger partial charge in [-0.2, -0.15) is 0 Å². The Morgan fingerprint density at radius 2 is 1.29 bits per heavy atom. The fourth-order valence-electron chi connectivity index (χ4n) is 4.48. The molecule has 0 aromatic heterocycles. The summed E-state index contributed by atoms with van der Waals surface area (Å²) in [7, 11) is 0. The van der Waals surface area contributed by atoms with Crippen molar-refractivity contribution in [2.24, 2.45) is 0 Å². The Labute approximate surface area is 224 Å². The van der Waals surface area contributed by atoms with Crippen molar-refractivity contribution in [1.82, 2.24) is 4.90 Å². The van der Waals surface area contributed by atoms with Crippen molar-refractivity contribution in [2.75, 3.05) is 13.2 Å². The van der Waals surface area contributed by atoms with Gasteiger partial charge >= 0.3 is 5.97 Å². The number of carbonyl (C=O) groups excluding carboxylic acids is 3.